The molecule has 0 fully saturated rings. The van der Waals surface area contributed by atoms with Crippen LogP contribution in [0, 0.1) is 5.92 Å². The van der Waals surface area contributed by atoms with Gasteiger partial charge in [-0.2, -0.15) is 0 Å². The van der Waals surface area contributed by atoms with Crippen LogP contribution in [0.15, 0.2) is 18.2 Å². The van der Waals surface area contributed by atoms with Crippen molar-refractivity contribution < 1.29 is 14.3 Å². The molecule has 1 atom stereocenters. The molecule has 1 rings (SSSR count). The SMILES string of the molecule is COC(=O)C(NC(=O)Nc1ccc(Cl)cc1Cl)C(C)C. The van der Waals surface area contributed by atoms with Gasteiger partial charge in [0.25, 0.3) is 0 Å². The van der Waals surface area contributed by atoms with Gasteiger partial charge in [-0.05, 0) is 24.1 Å². The number of rotatable bonds is 4. The molecule has 0 aliphatic rings. The van der Waals surface area contributed by atoms with Crippen LogP contribution < -0.4 is 10.6 Å². The van der Waals surface area contributed by atoms with Crippen LogP contribution in [0.2, 0.25) is 10.0 Å². The number of methoxy groups -OCH3 is 1. The van der Waals surface area contributed by atoms with E-state index in [4.69, 9.17) is 23.2 Å². The molecule has 0 aliphatic heterocycles. The fourth-order valence-electron chi connectivity index (χ4n) is 1.52. The highest BCUT2D eigenvalue weighted by Gasteiger charge is 2.25. The summed E-state index contributed by atoms with van der Waals surface area (Å²) in [5.74, 6) is -0.605. The number of carbonyl (C=O) groups excluding carboxylic acids is 2. The predicted octanol–water partition coefficient (Wildman–Crippen LogP) is 3.31. The van der Waals surface area contributed by atoms with Crippen LogP contribution in [0.1, 0.15) is 13.8 Å². The molecule has 0 saturated heterocycles. The second-order valence-corrected chi connectivity index (χ2v) is 5.31. The van der Waals surface area contributed by atoms with Gasteiger partial charge in [-0.15, -0.1) is 0 Å². The molecule has 0 bridgehead atoms. The highest BCUT2D eigenvalue weighted by atomic mass is 35.5. The summed E-state index contributed by atoms with van der Waals surface area (Å²) in [6, 6.07) is 3.42. The van der Waals surface area contributed by atoms with Gasteiger partial charge in [0.1, 0.15) is 6.04 Å². The molecular weight excluding hydrogens is 303 g/mol. The van der Waals surface area contributed by atoms with Gasteiger partial charge in [0.15, 0.2) is 0 Å². The van der Waals surface area contributed by atoms with Crippen molar-refractivity contribution in [3.8, 4) is 0 Å². The number of ether oxygens (including phenoxy) is 1. The van der Waals surface area contributed by atoms with Gasteiger partial charge in [0.2, 0.25) is 0 Å². The van der Waals surface area contributed by atoms with Gasteiger partial charge in [0, 0.05) is 5.02 Å². The van der Waals surface area contributed by atoms with Crippen LogP contribution in [0.5, 0.6) is 0 Å². The van der Waals surface area contributed by atoms with Crippen molar-refractivity contribution in [3.63, 3.8) is 0 Å². The molecule has 0 heterocycles. The molecule has 0 radical (unpaired) electrons. The molecule has 1 aromatic carbocycles. The van der Waals surface area contributed by atoms with Crippen molar-refractivity contribution >= 4 is 40.9 Å². The lowest BCUT2D eigenvalue weighted by Crippen LogP contribution is -2.46. The standard InChI is InChI=1S/C13H16Cl2N2O3/c1-7(2)11(12(18)20-3)17-13(19)16-10-5-4-8(14)6-9(10)15/h4-7,11H,1-3H3,(H2,16,17,19). The second kappa shape index (κ2) is 7.36. The van der Waals surface area contributed by atoms with Gasteiger partial charge in [0.05, 0.1) is 17.8 Å². The zero-order valence-corrected chi connectivity index (χ0v) is 12.9. The average molecular weight is 319 g/mol. The third kappa shape index (κ3) is 4.58. The van der Waals surface area contributed by atoms with E-state index < -0.39 is 18.0 Å². The molecule has 0 saturated carbocycles. The van der Waals surface area contributed by atoms with Crippen LogP contribution >= 0.6 is 23.2 Å². The maximum absolute atomic E-state index is 11.9. The first-order chi connectivity index (χ1) is 9.35. The summed E-state index contributed by atoms with van der Waals surface area (Å²) >= 11 is 11.7. The molecule has 2 N–H and O–H groups in total. The maximum Gasteiger partial charge on any atom is 0.328 e. The Morgan fingerprint density at radius 3 is 2.40 bits per heavy atom. The van der Waals surface area contributed by atoms with Crippen molar-refractivity contribution in [1.29, 1.82) is 0 Å². The van der Waals surface area contributed by atoms with E-state index >= 15 is 0 Å². The number of esters is 1. The molecule has 0 aliphatic carbocycles. The molecule has 0 aromatic heterocycles. The van der Waals surface area contributed by atoms with Crippen LogP contribution in [0.4, 0.5) is 10.5 Å². The smallest absolute Gasteiger partial charge is 0.328 e. The van der Waals surface area contributed by atoms with Gasteiger partial charge in [-0.25, -0.2) is 9.59 Å². The third-order valence-electron chi connectivity index (χ3n) is 2.59. The van der Waals surface area contributed by atoms with Crippen molar-refractivity contribution in [1.82, 2.24) is 5.32 Å². The lowest BCUT2D eigenvalue weighted by Gasteiger charge is -2.20. The fourth-order valence-corrected chi connectivity index (χ4v) is 1.97. The Bertz CT molecular complexity index is 506. The number of carbonyl (C=O) groups is 2. The molecule has 5 nitrogen and oxygen atoms in total. The van der Waals surface area contributed by atoms with E-state index in [1.54, 1.807) is 26.0 Å². The monoisotopic (exact) mass is 318 g/mol. The Morgan fingerprint density at radius 2 is 1.90 bits per heavy atom. The Kier molecular flexibility index (Phi) is 6.10. The van der Waals surface area contributed by atoms with Crippen molar-refractivity contribution in [2.75, 3.05) is 12.4 Å². The fraction of sp³-hybridized carbons (Fsp3) is 0.385. The van der Waals surface area contributed by atoms with Gasteiger partial charge in [-0.1, -0.05) is 37.0 Å². The molecular formula is C13H16Cl2N2O3. The first-order valence-electron chi connectivity index (χ1n) is 5.95. The number of hydrogen-bond acceptors (Lipinski definition) is 3. The first-order valence-corrected chi connectivity index (χ1v) is 6.71. The van der Waals surface area contributed by atoms with E-state index in [-0.39, 0.29) is 5.92 Å². The summed E-state index contributed by atoms with van der Waals surface area (Å²) in [4.78, 5) is 23.4. The van der Waals surface area contributed by atoms with Gasteiger partial charge >= 0.3 is 12.0 Å². The predicted molar refractivity (Wildman–Crippen MR) is 79.3 cm³/mol. The zero-order valence-electron chi connectivity index (χ0n) is 11.4. The summed E-state index contributed by atoms with van der Waals surface area (Å²) in [6.07, 6.45) is 0. The number of amides is 2. The highest BCUT2D eigenvalue weighted by molar-refractivity contribution is 6.36. The normalized spacial score (nSPS) is 11.9. The van der Waals surface area contributed by atoms with Crippen molar-refractivity contribution in [2.24, 2.45) is 5.92 Å². The minimum Gasteiger partial charge on any atom is -0.467 e. The number of benzene rings is 1. The Labute approximate surface area is 127 Å². The summed E-state index contributed by atoms with van der Waals surface area (Å²) in [5, 5.41) is 5.87. The van der Waals surface area contributed by atoms with Gasteiger partial charge in [-0.3, -0.25) is 0 Å². The average Bonchev–Trinajstić information content (AvgIpc) is 2.38. The molecule has 1 unspecified atom stereocenters. The molecule has 20 heavy (non-hydrogen) atoms. The van der Waals surface area contributed by atoms with E-state index in [9.17, 15) is 9.59 Å². The zero-order chi connectivity index (χ0) is 15.3. The molecule has 1 aromatic rings. The summed E-state index contributed by atoms with van der Waals surface area (Å²) in [6.45, 7) is 3.61. The summed E-state index contributed by atoms with van der Waals surface area (Å²) < 4.78 is 4.64. The van der Waals surface area contributed by atoms with E-state index in [0.717, 1.165) is 0 Å². The molecule has 2 amide bonds. The quantitative estimate of drug-likeness (QED) is 0.837. The molecule has 110 valence electrons. The summed E-state index contributed by atoms with van der Waals surface area (Å²) in [7, 11) is 1.27. The van der Waals surface area contributed by atoms with Gasteiger partial charge < -0.3 is 15.4 Å². The van der Waals surface area contributed by atoms with Crippen LogP contribution in [0.3, 0.4) is 0 Å². The Morgan fingerprint density at radius 1 is 1.25 bits per heavy atom. The largest absolute Gasteiger partial charge is 0.467 e. The maximum atomic E-state index is 11.9. The first kappa shape index (κ1) is 16.6. The van der Waals surface area contributed by atoms with Crippen molar-refractivity contribution in [2.45, 2.75) is 19.9 Å². The molecule has 0 spiro atoms. The van der Waals surface area contributed by atoms with Crippen LogP contribution in [0.25, 0.3) is 0 Å². The minimum atomic E-state index is -0.730. The summed E-state index contributed by atoms with van der Waals surface area (Å²) in [5.41, 5.74) is 0.404. The highest BCUT2D eigenvalue weighted by Crippen LogP contribution is 2.25. The van der Waals surface area contributed by atoms with E-state index in [1.807, 2.05) is 0 Å². The second-order valence-electron chi connectivity index (χ2n) is 4.47. The van der Waals surface area contributed by atoms with Crippen LogP contribution in [-0.4, -0.2) is 25.2 Å². The minimum absolute atomic E-state index is 0.103. The van der Waals surface area contributed by atoms with Crippen LogP contribution in [-0.2, 0) is 9.53 Å². The number of urea groups is 1. The third-order valence-corrected chi connectivity index (χ3v) is 3.14. The lowest BCUT2D eigenvalue weighted by atomic mass is 10.1. The number of anilines is 1. The van der Waals surface area contributed by atoms with E-state index in [0.29, 0.717) is 15.7 Å². The number of nitrogens with one attached hydrogen (secondary N) is 2. The number of halogens is 2. The van der Waals surface area contributed by atoms with E-state index in [1.165, 1.54) is 13.2 Å². The Hall–Kier alpha value is -1.46. The van der Waals surface area contributed by atoms with E-state index in [2.05, 4.69) is 15.4 Å². The van der Waals surface area contributed by atoms with Crippen molar-refractivity contribution in [3.05, 3.63) is 28.2 Å². The lowest BCUT2D eigenvalue weighted by molar-refractivity contribution is -0.143. The Balaban J connectivity index is 2.73. The topological polar surface area (TPSA) is 67.4 Å². The number of hydrogen-bond donors (Lipinski definition) is 2. The molecule has 7 heteroatoms.